The van der Waals surface area contributed by atoms with Gasteiger partial charge < -0.3 is 0 Å². The molecule has 208 valence electrons. The highest BCUT2D eigenvalue weighted by Gasteiger charge is 2.02. The van der Waals surface area contributed by atoms with Gasteiger partial charge in [0, 0.05) is 0 Å². The number of aryl methyl sites for hydroxylation is 4. The van der Waals surface area contributed by atoms with Gasteiger partial charge in [0.1, 0.15) is 0 Å². The minimum absolute atomic E-state index is 1.21. The van der Waals surface area contributed by atoms with Crippen LogP contribution >= 0.6 is 0 Å². The van der Waals surface area contributed by atoms with Crippen LogP contribution in [0, 0.1) is 41.5 Å². The molecule has 0 saturated heterocycles. The Morgan fingerprint density at radius 1 is 0.400 bits per heavy atom. The number of allylic oxidation sites excluding steroid dienone is 16. The molecule has 0 amide bonds. The van der Waals surface area contributed by atoms with Crippen LogP contribution in [0.25, 0.3) is 12.2 Å². The van der Waals surface area contributed by atoms with Crippen LogP contribution in [-0.4, -0.2) is 0 Å². The van der Waals surface area contributed by atoms with Crippen molar-refractivity contribution >= 4 is 12.2 Å². The molecule has 40 heavy (non-hydrogen) atoms. The van der Waals surface area contributed by atoms with Crippen molar-refractivity contribution in [3.05, 3.63) is 164 Å². The van der Waals surface area contributed by atoms with E-state index >= 15 is 0 Å². The summed E-state index contributed by atoms with van der Waals surface area (Å²) >= 11 is 0. The van der Waals surface area contributed by atoms with Crippen LogP contribution in [0.3, 0.4) is 0 Å². The Labute approximate surface area is 245 Å². The summed E-state index contributed by atoms with van der Waals surface area (Å²) in [5.74, 6) is 0. The fourth-order valence-corrected chi connectivity index (χ4v) is 4.23. The Hall–Kier alpha value is -3.90. The molecule has 0 aliphatic carbocycles. The second-order valence-electron chi connectivity index (χ2n) is 10.9. The van der Waals surface area contributed by atoms with E-state index in [1.807, 2.05) is 0 Å². The van der Waals surface area contributed by atoms with Crippen molar-refractivity contribution in [1.82, 2.24) is 0 Å². The third kappa shape index (κ3) is 10.7. The lowest BCUT2D eigenvalue weighted by atomic mass is 9.97. The molecule has 0 heteroatoms. The Bertz CT molecular complexity index is 1340. The van der Waals surface area contributed by atoms with E-state index in [9.17, 15) is 0 Å². The topological polar surface area (TPSA) is 0 Å². The van der Waals surface area contributed by atoms with E-state index in [1.165, 1.54) is 66.8 Å². The van der Waals surface area contributed by atoms with Crippen LogP contribution in [0.5, 0.6) is 0 Å². The van der Waals surface area contributed by atoms with Gasteiger partial charge in [-0.25, -0.2) is 0 Å². The maximum atomic E-state index is 2.23. The molecule has 2 aromatic rings. The average molecular weight is 529 g/mol. The van der Waals surface area contributed by atoms with Gasteiger partial charge in [0.25, 0.3) is 0 Å². The molecule has 0 aliphatic rings. The highest BCUT2D eigenvalue weighted by molar-refractivity contribution is 5.62. The molecule has 0 nitrogen and oxygen atoms in total. The molecule has 0 spiro atoms. The van der Waals surface area contributed by atoms with Gasteiger partial charge in [-0.3, -0.25) is 0 Å². The van der Waals surface area contributed by atoms with Crippen LogP contribution in [-0.2, 0) is 0 Å². The SMILES string of the molecule is CC(/C=C/C=C(C)/C=C/c1c(C)ccc(C)c1C)=C\C=C\C=C(C)\C=C\C=C(C)\C=C\c1c(C)ccc(C)c1C. The summed E-state index contributed by atoms with van der Waals surface area (Å²) in [7, 11) is 0. The highest BCUT2D eigenvalue weighted by Crippen LogP contribution is 2.21. The smallest absolute Gasteiger partial charge is 0.0195 e. The van der Waals surface area contributed by atoms with Crippen molar-refractivity contribution in [2.24, 2.45) is 0 Å². The molecule has 0 saturated carbocycles. The Morgan fingerprint density at radius 2 is 0.700 bits per heavy atom. The number of hydrogen-bond donors (Lipinski definition) is 0. The molecule has 0 radical (unpaired) electrons. The Kier molecular flexibility index (Phi) is 13.1. The first-order valence-corrected chi connectivity index (χ1v) is 14.2. The lowest BCUT2D eigenvalue weighted by Crippen LogP contribution is -1.89. The van der Waals surface area contributed by atoms with E-state index in [0.717, 1.165) is 0 Å². The largest absolute Gasteiger partial charge is 0.0620 e. The van der Waals surface area contributed by atoms with Gasteiger partial charge in [-0.15, -0.1) is 0 Å². The van der Waals surface area contributed by atoms with Gasteiger partial charge in [0.05, 0.1) is 0 Å². The van der Waals surface area contributed by atoms with Crippen LogP contribution < -0.4 is 0 Å². The van der Waals surface area contributed by atoms with Gasteiger partial charge in [-0.05, 0) is 114 Å². The summed E-state index contributed by atoms with van der Waals surface area (Å²) in [5.41, 5.74) is 15.5. The minimum atomic E-state index is 1.21. The van der Waals surface area contributed by atoms with Gasteiger partial charge in [0.15, 0.2) is 0 Å². The van der Waals surface area contributed by atoms with Crippen molar-refractivity contribution in [3.8, 4) is 0 Å². The zero-order valence-corrected chi connectivity index (χ0v) is 26.4. The zero-order chi connectivity index (χ0) is 29.7. The summed E-state index contributed by atoms with van der Waals surface area (Å²) in [6, 6.07) is 8.78. The molecular weight excluding hydrogens is 480 g/mol. The van der Waals surface area contributed by atoms with Crippen LogP contribution in [0.4, 0.5) is 0 Å². The van der Waals surface area contributed by atoms with E-state index in [4.69, 9.17) is 0 Å². The van der Waals surface area contributed by atoms with E-state index in [0.29, 0.717) is 0 Å². The van der Waals surface area contributed by atoms with Crippen molar-refractivity contribution < 1.29 is 0 Å². The molecule has 0 atom stereocenters. The molecular formula is C40H48. The van der Waals surface area contributed by atoms with Gasteiger partial charge in [0.2, 0.25) is 0 Å². The van der Waals surface area contributed by atoms with E-state index in [-0.39, 0.29) is 0 Å². The van der Waals surface area contributed by atoms with Crippen molar-refractivity contribution in [2.45, 2.75) is 69.2 Å². The minimum Gasteiger partial charge on any atom is -0.0620 e. The zero-order valence-electron chi connectivity index (χ0n) is 26.4. The van der Waals surface area contributed by atoms with E-state index < -0.39 is 0 Å². The molecule has 0 aliphatic heterocycles. The van der Waals surface area contributed by atoms with Gasteiger partial charge in [-0.2, -0.15) is 0 Å². The number of hydrogen-bond acceptors (Lipinski definition) is 0. The maximum Gasteiger partial charge on any atom is -0.0195 e. The number of benzene rings is 2. The molecule has 2 aromatic carbocycles. The highest BCUT2D eigenvalue weighted by atomic mass is 14.1. The quantitative estimate of drug-likeness (QED) is 0.269. The first kappa shape index (κ1) is 32.3. The molecule has 0 fully saturated rings. The van der Waals surface area contributed by atoms with Gasteiger partial charge in [-0.1, -0.05) is 132 Å². The second kappa shape index (κ2) is 16.3. The molecule has 0 bridgehead atoms. The fourth-order valence-electron chi connectivity index (χ4n) is 4.23. The Morgan fingerprint density at radius 3 is 1.07 bits per heavy atom. The molecule has 0 unspecified atom stereocenters. The summed E-state index contributed by atoms with van der Waals surface area (Å²) in [6.45, 7) is 21.6. The van der Waals surface area contributed by atoms with Crippen LogP contribution in [0.2, 0.25) is 0 Å². The number of rotatable bonds is 10. The lowest BCUT2D eigenvalue weighted by Gasteiger charge is -2.08. The van der Waals surface area contributed by atoms with Crippen molar-refractivity contribution in [1.29, 1.82) is 0 Å². The Balaban J connectivity index is 1.91. The summed E-state index contributed by atoms with van der Waals surface area (Å²) < 4.78 is 0. The molecule has 0 heterocycles. The normalized spacial score (nSPS) is 14.3. The van der Waals surface area contributed by atoms with E-state index in [1.54, 1.807) is 0 Å². The van der Waals surface area contributed by atoms with Crippen LogP contribution in [0.15, 0.2) is 119 Å². The third-order valence-corrected chi connectivity index (χ3v) is 7.30. The monoisotopic (exact) mass is 528 g/mol. The molecule has 0 N–H and O–H groups in total. The molecule has 2 rings (SSSR count). The summed E-state index contributed by atoms with van der Waals surface area (Å²) in [6.07, 6.45) is 30.1. The van der Waals surface area contributed by atoms with Crippen molar-refractivity contribution in [2.75, 3.05) is 0 Å². The first-order chi connectivity index (χ1) is 19.0. The average Bonchev–Trinajstić information content (AvgIpc) is 2.91. The lowest BCUT2D eigenvalue weighted by molar-refractivity contribution is 1.28. The first-order valence-electron chi connectivity index (χ1n) is 14.2. The van der Waals surface area contributed by atoms with E-state index in [2.05, 4.69) is 179 Å². The fraction of sp³-hybridized carbons (Fsp3) is 0.250. The second-order valence-corrected chi connectivity index (χ2v) is 10.9. The van der Waals surface area contributed by atoms with Crippen LogP contribution in [0.1, 0.15) is 72.2 Å². The standard InChI is InChI=1S/C40H48/c1-29(17-13-19-31(3)21-27-39-35(7)25-23-33(5)37(39)9)15-11-12-16-30(2)18-14-20-32(4)22-28-40-36(8)26-24-34(6)38(40)10/h11-28H,1-10H3/b12-11+,17-13+,18-14+,27-21+,28-22+,29-15+,30-16+,31-19+,32-20+. The van der Waals surface area contributed by atoms with Gasteiger partial charge >= 0.3 is 0 Å². The molecule has 0 aromatic heterocycles. The van der Waals surface area contributed by atoms with Crippen molar-refractivity contribution in [3.63, 3.8) is 0 Å². The summed E-state index contributed by atoms with van der Waals surface area (Å²) in [4.78, 5) is 0. The third-order valence-electron chi connectivity index (χ3n) is 7.30. The maximum absolute atomic E-state index is 2.23. The summed E-state index contributed by atoms with van der Waals surface area (Å²) in [5, 5.41) is 0. The predicted octanol–water partition coefficient (Wildman–Crippen LogP) is 11.7. The predicted molar refractivity (Wildman–Crippen MR) is 182 cm³/mol.